The van der Waals surface area contributed by atoms with E-state index in [2.05, 4.69) is 5.10 Å². The highest BCUT2D eigenvalue weighted by atomic mass is 16.5. The molecule has 6 heteroatoms. The predicted octanol–water partition coefficient (Wildman–Crippen LogP) is -0.0497. The average molecular weight is 246 g/mol. The summed E-state index contributed by atoms with van der Waals surface area (Å²) in [6.45, 7) is 2.92. The van der Waals surface area contributed by atoms with Gasteiger partial charge in [-0.15, -0.1) is 0 Å². The van der Waals surface area contributed by atoms with Crippen LogP contribution in [-0.2, 0) is 6.54 Å². The second-order valence-electron chi connectivity index (χ2n) is 4.03. The van der Waals surface area contributed by atoms with Crippen LogP contribution in [0.1, 0.15) is 5.56 Å². The summed E-state index contributed by atoms with van der Waals surface area (Å²) in [5.41, 5.74) is 1.34. The van der Waals surface area contributed by atoms with Gasteiger partial charge in [-0.25, -0.2) is 0 Å². The maximum absolute atomic E-state index is 9.27. The predicted molar refractivity (Wildman–Crippen MR) is 68.7 cm³/mol. The van der Waals surface area contributed by atoms with E-state index in [9.17, 15) is 10.0 Å². The smallest absolute Gasteiger partial charge is 0.492 e. The van der Waals surface area contributed by atoms with Crippen LogP contribution in [0, 0.1) is 6.92 Å². The van der Waals surface area contributed by atoms with E-state index in [1.807, 2.05) is 25.3 Å². The van der Waals surface area contributed by atoms with E-state index in [4.69, 9.17) is 4.74 Å². The number of aryl methyl sites for hydroxylation is 1. The fraction of sp³-hybridized carbons (Fsp3) is 0.250. The second kappa shape index (κ2) is 5.70. The first kappa shape index (κ1) is 12.7. The minimum absolute atomic E-state index is 0.385. The SMILES string of the molecule is Cc1ccc(OCCn2cccn2)c(B(O)O)c1. The number of aromatic nitrogens is 2. The number of nitrogens with zero attached hydrogens (tertiary/aromatic N) is 2. The molecule has 0 saturated heterocycles. The van der Waals surface area contributed by atoms with Crippen LogP contribution in [0.15, 0.2) is 36.7 Å². The normalized spacial score (nSPS) is 10.4. The summed E-state index contributed by atoms with van der Waals surface area (Å²) in [5.74, 6) is 0.489. The Kier molecular flexibility index (Phi) is 4.01. The van der Waals surface area contributed by atoms with Gasteiger partial charge in [0.1, 0.15) is 12.4 Å². The highest BCUT2D eigenvalue weighted by molar-refractivity contribution is 6.59. The topological polar surface area (TPSA) is 67.5 Å². The monoisotopic (exact) mass is 246 g/mol. The zero-order valence-corrected chi connectivity index (χ0v) is 10.2. The molecule has 0 bridgehead atoms. The van der Waals surface area contributed by atoms with Gasteiger partial charge >= 0.3 is 7.12 Å². The molecule has 0 amide bonds. The van der Waals surface area contributed by atoms with Gasteiger partial charge in [0.2, 0.25) is 0 Å². The van der Waals surface area contributed by atoms with Crippen LogP contribution in [-0.4, -0.2) is 33.6 Å². The van der Waals surface area contributed by atoms with Gasteiger partial charge in [-0.1, -0.05) is 17.7 Å². The van der Waals surface area contributed by atoms with Crippen molar-refractivity contribution in [2.45, 2.75) is 13.5 Å². The van der Waals surface area contributed by atoms with Crippen LogP contribution >= 0.6 is 0 Å². The maximum Gasteiger partial charge on any atom is 0.492 e. The third kappa shape index (κ3) is 3.12. The Morgan fingerprint density at radius 1 is 1.39 bits per heavy atom. The van der Waals surface area contributed by atoms with E-state index >= 15 is 0 Å². The molecule has 2 N–H and O–H groups in total. The largest absolute Gasteiger partial charge is 0.492 e. The minimum Gasteiger partial charge on any atom is -0.492 e. The molecule has 0 spiro atoms. The van der Waals surface area contributed by atoms with Gasteiger partial charge in [-0.3, -0.25) is 4.68 Å². The Morgan fingerprint density at radius 3 is 2.89 bits per heavy atom. The number of ether oxygens (including phenoxy) is 1. The molecule has 0 unspecified atom stereocenters. The molecule has 5 nitrogen and oxygen atoms in total. The van der Waals surface area contributed by atoms with E-state index in [0.717, 1.165) is 5.56 Å². The average Bonchev–Trinajstić information content (AvgIpc) is 2.84. The van der Waals surface area contributed by atoms with E-state index in [0.29, 0.717) is 24.4 Å². The number of rotatable bonds is 5. The van der Waals surface area contributed by atoms with Crippen LogP contribution in [0.2, 0.25) is 0 Å². The molecular formula is C12H15BN2O3. The van der Waals surface area contributed by atoms with E-state index in [1.54, 1.807) is 23.0 Å². The fourth-order valence-electron chi connectivity index (χ4n) is 1.68. The van der Waals surface area contributed by atoms with Gasteiger partial charge in [0.15, 0.2) is 0 Å². The molecule has 1 aromatic carbocycles. The lowest BCUT2D eigenvalue weighted by atomic mass is 9.79. The molecule has 2 aromatic rings. The third-order valence-electron chi connectivity index (χ3n) is 2.58. The van der Waals surface area contributed by atoms with Gasteiger partial charge in [0.25, 0.3) is 0 Å². The number of hydrogen-bond donors (Lipinski definition) is 2. The summed E-state index contributed by atoms with van der Waals surface area (Å²) in [4.78, 5) is 0. The van der Waals surface area contributed by atoms with Crippen molar-refractivity contribution in [1.82, 2.24) is 9.78 Å². The second-order valence-corrected chi connectivity index (χ2v) is 4.03. The molecule has 0 fully saturated rings. The molecule has 0 atom stereocenters. The van der Waals surface area contributed by atoms with Crippen molar-refractivity contribution in [1.29, 1.82) is 0 Å². The Hall–Kier alpha value is -1.79. The van der Waals surface area contributed by atoms with Gasteiger partial charge in [-0.2, -0.15) is 5.10 Å². The van der Waals surface area contributed by atoms with Crippen LogP contribution in [0.4, 0.5) is 0 Å². The Bertz CT molecular complexity index is 500. The lowest BCUT2D eigenvalue weighted by Crippen LogP contribution is -2.32. The van der Waals surface area contributed by atoms with Crippen molar-refractivity contribution in [2.75, 3.05) is 6.61 Å². The van der Waals surface area contributed by atoms with Crippen molar-refractivity contribution < 1.29 is 14.8 Å². The first-order chi connectivity index (χ1) is 8.66. The number of benzene rings is 1. The van der Waals surface area contributed by atoms with E-state index in [1.165, 1.54) is 0 Å². The Morgan fingerprint density at radius 2 is 2.22 bits per heavy atom. The Balaban J connectivity index is 2.00. The van der Waals surface area contributed by atoms with Crippen molar-refractivity contribution >= 4 is 12.6 Å². The standard InChI is InChI=1S/C12H15BN2O3/c1-10-3-4-12(11(9-10)13(16)17)18-8-7-15-6-2-5-14-15/h2-6,9,16-17H,7-8H2,1H3. The molecule has 0 aliphatic heterocycles. The van der Waals surface area contributed by atoms with Gasteiger partial charge in [0, 0.05) is 17.9 Å². The highest BCUT2D eigenvalue weighted by Crippen LogP contribution is 2.10. The zero-order chi connectivity index (χ0) is 13.0. The molecule has 0 radical (unpaired) electrons. The summed E-state index contributed by atoms with van der Waals surface area (Å²) in [7, 11) is -1.52. The molecule has 94 valence electrons. The molecule has 0 aliphatic rings. The fourth-order valence-corrected chi connectivity index (χ4v) is 1.68. The zero-order valence-electron chi connectivity index (χ0n) is 10.2. The van der Waals surface area contributed by atoms with Gasteiger partial charge in [-0.05, 0) is 19.1 Å². The molecular weight excluding hydrogens is 231 g/mol. The van der Waals surface area contributed by atoms with Gasteiger partial charge < -0.3 is 14.8 Å². The van der Waals surface area contributed by atoms with Crippen molar-refractivity contribution in [3.63, 3.8) is 0 Å². The molecule has 0 aliphatic carbocycles. The lowest BCUT2D eigenvalue weighted by molar-refractivity contribution is 0.292. The van der Waals surface area contributed by atoms with Crippen LogP contribution in [0.5, 0.6) is 5.75 Å². The molecule has 1 heterocycles. The highest BCUT2D eigenvalue weighted by Gasteiger charge is 2.17. The van der Waals surface area contributed by atoms with E-state index < -0.39 is 7.12 Å². The van der Waals surface area contributed by atoms with Crippen molar-refractivity contribution in [3.05, 3.63) is 42.2 Å². The minimum atomic E-state index is -1.52. The quantitative estimate of drug-likeness (QED) is 0.726. The summed E-state index contributed by atoms with van der Waals surface area (Å²) >= 11 is 0. The summed E-state index contributed by atoms with van der Waals surface area (Å²) in [6.07, 6.45) is 3.55. The molecule has 2 rings (SSSR count). The van der Waals surface area contributed by atoms with Crippen LogP contribution in [0.3, 0.4) is 0 Å². The van der Waals surface area contributed by atoms with E-state index in [-0.39, 0.29) is 0 Å². The third-order valence-corrected chi connectivity index (χ3v) is 2.58. The first-order valence-corrected chi connectivity index (χ1v) is 5.74. The van der Waals surface area contributed by atoms with Crippen LogP contribution < -0.4 is 10.2 Å². The maximum atomic E-state index is 9.27. The molecule has 0 saturated carbocycles. The van der Waals surface area contributed by atoms with Crippen LogP contribution in [0.25, 0.3) is 0 Å². The van der Waals surface area contributed by atoms with Crippen molar-refractivity contribution in [3.8, 4) is 5.75 Å². The first-order valence-electron chi connectivity index (χ1n) is 5.74. The summed E-state index contributed by atoms with van der Waals surface area (Å²) < 4.78 is 7.30. The van der Waals surface area contributed by atoms with Crippen molar-refractivity contribution in [2.24, 2.45) is 0 Å². The summed E-state index contributed by atoms with van der Waals surface area (Å²) in [5, 5.41) is 22.6. The summed E-state index contributed by atoms with van der Waals surface area (Å²) in [6, 6.07) is 7.16. The lowest BCUT2D eigenvalue weighted by Gasteiger charge is -2.11. The number of hydrogen-bond acceptors (Lipinski definition) is 4. The Labute approximate surface area is 106 Å². The molecule has 1 aromatic heterocycles. The van der Waals surface area contributed by atoms with Gasteiger partial charge in [0.05, 0.1) is 6.54 Å². The molecule has 18 heavy (non-hydrogen) atoms.